The first-order valence-electron chi connectivity index (χ1n) is 6.28. The van der Waals surface area contributed by atoms with Crippen molar-refractivity contribution in [2.75, 3.05) is 13.7 Å². The van der Waals surface area contributed by atoms with Gasteiger partial charge in [0, 0.05) is 6.07 Å². The molecule has 0 radical (unpaired) electrons. The minimum Gasteiger partial charge on any atom is -0.481 e. The highest BCUT2D eigenvalue weighted by molar-refractivity contribution is 5.86. The maximum absolute atomic E-state index is 12.0. The van der Waals surface area contributed by atoms with Crippen LogP contribution >= 0.6 is 0 Å². The van der Waals surface area contributed by atoms with Crippen LogP contribution in [0.4, 0.5) is 0 Å². The van der Waals surface area contributed by atoms with Gasteiger partial charge in [-0.25, -0.2) is 4.98 Å². The molecule has 0 aliphatic heterocycles. The average molecular weight is 261 g/mol. The van der Waals surface area contributed by atoms with Crippen molar-refractivity contribution in [3.05, 3.63) is 18.0 Å². The van der Waals surface area contributed by atoms with Crippen LogP contribution in [0.3, 0.4) is 0 Å². The van der Waals surface area contributed by atoms with Crippen molar-refractivity contribution in [3.63, 3.8) is 0 Å². The lowest BCUT2D eigenvalue weighted by Gasteiger charge is -2.10. The standard InChI is InChI=1S/C13H15N3O3/c1-3-19-12(17)13(6-7-13)11-14-8-4-5-9(18-2)15-10(8)16-11/h4-5H,3,6-7H2,1-2H3,(H,14,15,16). The lowest BCUT2D eigenvalue weighted by Crippen LogP contribution is -2.24. The Balaban J connectivity index is 1.99. The van der Waals surface area contributed by atoms with E-state index in [2.05, 4.69) is 15.0 Å². The predicted octanol–water partition coefficient (Wildman–Crippen LogP) is 1.56. The minimum absolute atomic E-state index is 0.207. The van der Waals surface area contributed by atoms with Crippen LogP contribution in [0, 0.1) is 0 Å². The summed E-state index contributed by atoms with van der Waals surface area (Å²) in [6.45, 7) is 2.19. The number of pyridine rings is 1. The fourth-order valence-corrected chi connectivity index (χ4v) is 2.15. The number of carbonyl (C=O) groups excluding carboxylic acids is 1. The van der Waals surface area contributed by atoms with Crippen LogP contribution in [-0.2, 0) is 14.9 Å². The number of imidazole rings is 1. The molecule has 0 amide bonds. The zero-order chi connectivity index (χ0) is 13.5. The van der Waals surface area contributed by atoms with Crippen molar-refractivity contribution in [2.45, 2.75) is 25.2 Å². The van der Waals surface area contributed by atoms with Gasteiger partial charge in [0.05, 0.1) is 19.2 Å². The highest BCUT2D eigenvalue weighted by atomic mass is 16.5. The summed E-state index contributed by atoms with van der Waals surface area (Å²) in [5.41, 5.74) is 0.764. The molecule has 1 aliphatic rings. The Kier molecular flexibility index (Phi) is 2.66. The van der Waals surface area contributed by atoms with Crippen molar-refractivity contribution in [2.24, 2.45) is 0 Å². The van der Waals surface area contributed by atoms with Gasteiger partial charge in [-0.3, -0.25) is 4.79 Å². The summed E-state index contributed by atoms with van der Waals surface area (Å²) >= 11 is 0. The van der Waals surface area contributed by atoms with E-state index in [1.807, 2.05) is 6.07 Å². The lowest BCUT2D eigenvalue weighted by atomic mass is 10.1. The third-order valence-corrected chi connectivity index (χ3v) is 3.40. The Morgan fingerprint density at radius 2 is 2.21 bits per heavy atom. The second kappa shape index (κ2) is 4.22. The monoisotopic (exact) mass is 261 g/mol. The summed E-state index contributed by atoms with van der Waals surface area (Å²) in [4.78, 5) is 23.8. The molecule has 19 heavy (non-hydrogen) atoms. The number of aromatic nitrogens is 3. The van der Waals surface area contributed by atoms with Gasteiger partial charge in [0.15, 0.2) is 5.65 Å². The summed E-state index contributed by atoms with van der Waals surface area (Å²) < 4.78 is 10.2. The van der Waals surface area contributed by atoms with Crippen LogP contribution in [0.1, 0.15) is 25.6 Å². The number of nitrogens with zero attached hydrogens (tertiary/aromatic N) is 2. The molecule has 0 spiro atoms. The van der Waals surface area contributed by atoms with Gasteiger partial charge in [-0.1, -0.05) is 0 Å². The summed E-state index contributed by atoms with van der Waals surface area (Å²) in [6.07, 6.45) is 1.53. The van der Waals surface area contributed by atoms with Crippen molar-refractivity contribution < 1.29 is 14.3 Å². The third-order valence-electron chi connectivity index (χ3n) is 3.40. The van der Waals surface area contributed by atoms with Gasteiger partial charge in [-0.15, -0.1) is 0 Å². The fraction of sp³-hybridized carbons (Fsp3) is 0.462. The molecule has 1 aliphatic carbocycles. The van der Waals surface area contributed by atoms with E-state index in [0.29, 0.717) is 24.0 Å². The molecular formula is C13H15N3O3. The van der Waals surface area contributed by atoms with Crippen molar-refractivity contribution in [1.29, 1.82) is 0 Å². The fourth-order valence-electron chi connectivity index (χ4n) is 2.15. The van der Waals surface area contributed by atoms with Gasteiger partial charge < -0.3 is 14.5 Å². The first kappa shape index (κ1) is 12.0. The van der Waals surface area contributed by atoms with Crippen LogP contribution in [-0.4, -0.2) is 34.6 Å². The lowest BCUT2D eigenvalue weighted by molar-refractivity contribution is -0.146. The first-order chi connectivity index (χ1) is 9.19. The molecule has 100 valence electrons. The number of carbonyl (C=O) groups is 1. The van der Waals surface area contributed by atoms with Crippen LogP contribution in [0.25, 0.3) is 11.2 Å². The molecule has 0 aromatic carbocycles. The van der Waals surface area contributed by atoms with Gasteiger partial charge in [-0.2, -0.15) is 4.98 Å². The molecule has 6 heteroatoms. The van der Waals surface area contributed by atoms with Gasteiger partial charge in [0.25, 0.3) is 0 Å². The van der Waals surface area contributed by atoms with E-state index >= 15 is 0 Å². The van der Waals surface area contributed by atoms with E-state index in [0.717, 1.165) is 18.4 Å². The van der Waals surface area contributed by atoms with Gasteiger partial charge in [-0.05, 0) is 25.8 Å². The number of methoxy groups -OCH3 is 1. The molecule has 1 N–H and O–H groups in total. The number of rotatable bonds is 4. The molecule has 2 aromatic heterocycles. The van der Waals surface area contributed by atoms with Crippen molar-refractivity contribution >= 4 is 17.1 Å². The molecule has 1 fully saturated rings. The van der Waals surface area contributed by atoms with Crippen LogP contribution in [0.5, 0.6) is 5.88 Å². The Labute approximate surface area is 110 Å². The quantitative estimate of drug-likeness (QED) is 0.845. The van der Waals surface area contributed by atoms with Crippen molar-refractivity contribution in [3.8, 4) is 5.88 Å². The predicted molar refractivity (Wildman–Crippen MR) is 68.0 cm³/mol. The van der Waals surface area contributed by atoms with Gasteiger partial charge in [0.1, 0.15) is 11.2 Å². The topological polar surface area (TPSA) is 77.1 Å². The smallest absolute Gasteiger partial charge is 0.319 e. The normalized spacial score (nSPS) is 16.3. The third kappa shape index (κ3) is 1.83. The number of hydrogen-bond acceptors (Lipinski definition) is 5. The van der Waals surface area contributed by atoms with E-state index in [1.165, 1.54) is 0 Å². The summed E-state index contributed by atoms with van der Waals surface area (Å²) in [5.74, 6) is 0.939. The second-order valence-electron chi connectivity index (χ2n) is 4.61. The second-order valence-corrected chi connectivity index (χ2v) is 4.61. The van der Waals surface area contributed by atoms with E-state index in [-0.39, 0.29) is 5.97 Å². The van der Waals surface area contributed by atoms with E-state index < -0.39 is 5.41 Å². The first-order valence-corrected chi connectivity index (χ1v) is 6.28. The number of fused-ring (bicyclic) bond motifs is 1. The minimum atomic E-state index is -0.593. The van der Waals surface area contributed by atoms with Crippen LogP contribution < -0.4 is 4.74 Å². The molecular weight excluding hydrogens is 246 g/mol. The molecule has 3 rings (SSSR count). The maximum Gasteiger partial charge on any atom is 0.319 e. The highest BCUT2D eigenvalue weighted by Crippen LogP contribution is 2.48. The molecule has 6 nitrogen and oxygen atoms in total. The summed E-state index contributed by atoms with van der Waals surface area (Å²) in [5, 5.41) is 0. The van der Waals surface area contributed by atoms with Crippen molar-refractivity contribution in [1.82, 2.24) is 15.0 Å². The summed E-state index contributed by atoms with van der Waals surface area (Å²) in [7, 11) is 1.56. The Bertz CT molecular complexity index is 631. The molecule has 0 saturated heterocycles. The average Bonchev–Trinajstić information content (AvgIpc) is 3.12. The number of esters is 1. The van der Waals surface area contributed by atoms with Crippen LogP contribution in [0.2, 0.25) is 0 Å². The van der Waals surface area contributed by atoms with Crippen LogP contribution in [0.15, 0.2) is 12.1 Å². The highest BCUT2D eigenvalue weighted by Gasteiger charge is 2.55. The van der Waals surface area contributed by atoms with E-state index in [4.69, 9.17) is 9.47 Å². The number of nitrogens with one attached hydrogen (secondary N) is 1. The number of H-pyrrole nitrogens is 1. The largest absolute Gasteiger partial charge is 0.481 e. The maximum atomic E-state index is 12.0. The number of ether oxygens (including phenoxy) is 2. The number of aromatic amines is 1. The summed E-state index contributed by atoms with van der Waals surface area (Å²) in [6, 6.07) is 3.60. The van der Waals surface area contributed by atoms with E-state index in [9.17, 15) is 4.79 Å². The molecule has 2 heterocycles. The zero-order valence-electron chi connectivity index (χ0n) is 10.9. The Morgan fingerprint density at radius 1 is 1.42 bits per heavy atom. The molecule has 0 unspecified atom stereocenters. The zero-order valence-corrected chi connectivity index (χ0v) is 10.9. The Hall–Kier alpha value is -2.11. The van der Waals surface area contributed by atoms with Gasteiger partial charge in [0.2, 0.25) is 5.88 Å². The Morgan fingerprint density at radius 3 is 2.84 bits per heavy atom. The SMILES string of the molecule is CCOC(=O)C1(c2nc3nc(OC)ccc3[nH]2)CC1. The molecule has 0 atom stereocenters. The van der Waals surface area contributed by atoms with Gasteiger partial charge >= 0.3 is 5.97 Å². The van der Waals surface area contributed by atoms with E-state index in [1.54, 1.807) is 20.1 Å². The number of hydrogen-bond donors (Lipinski definition) is 1. The molecule has 0 bridgehead atoms. The molecule has 2 aromatic rings. The molecule has 1 saturated carbocycles.